The van der Waals surface area contributed by atoms with Gasteiger partial charge in [-0.15, -0.1) is 0 Å². The summed E-state index contributed by atoms with van der Waals surface area (Å²) in [6, 6.07) is 10.5. The maximum absolute atomic E-state index is 12.9. The number of benzene rings is 1. The molecule has 2 aromatic heterocycles. The Labute approximate surface area is 172 Å². The molecule has 0 saturated carbocycles. The lowest BCUT2D eigenvalue weighted by molar-refractivity contribution is 0.0936. The molecule has 2 N–H and O–H groups in total. The van der Waals surface area contributed by atoms with E-state index in [-0.39, 0.29) is 35.4 Å². The molecule has 3 rings (SSSR count). The molecular formula is C21H21F2N5O2. The van der Waals surface area contributed by atoms with Crippen LogP contribution in [0.25, 0.3) is 5.69 Å². The van der Waals surface area contributed by atoms with Gasteiger partial charge in [0.2, 0.25) is 0 Å². The van der Waals surface area contributed by atoms with Crippen LogP contribution in [0.2, 0.25) is 0 Å². The Balaban J connectivity index is 1.65. The number of nitrogens with zero attached hydrogens (tertiary/aromatic N) is 3. The first kappa shape index (κ1) is 21.1. The summed E-state index contributed by atoms with van der Waals surface area (Å²) >= 11 is 0. The number of nitrogens with one attached hydrogen (secondary N) is 2. The monoisotopic (exact) mass is 413 g/mol. The molecule has 0 aliphatic carbocycles. The minimum atomic E-state index is -2.56. The molecule has 0 atom stereocenters. The topological polar surface area (TPSA) is 88.9 Å². The highest BCUT2D eigenvalue weighted by Gasteiger charge is 2.13. The summed E-state index contributed by atoms with van der Waals surface area (Å²) in [6.45, 7) is 3.83. The largest absolute Gasteiger partial charge is 0.349 e. The van der Waals surface area contributed by atoms with Crippen LogP contribution in [-0.2, 0) is 6.54 Å². The number of aromatic nitrogens is 3. The van der Waals surface area contributed by atoms with Gasteiger partial charge in [-0.25, -0.2) is 18.4 Å². The van der Waals surface area contributed by atoms with Gasteiger partial charge in [0, 0.05) is 29.9 Å². The number of rotatable bonds is 7. The van der Waals surface area contributed by atoms with E-state index in [2.05, 4.69) is 20.7 Å². The second-order valence-corrected chi connectivity index (χ2v) is 6.91. The Kier molecular flexibility index (Phi) is 6.51. The number of carbonyl (C=O) groups is 2. The molecule has 0 unspecified atom stereocenters. The van der Waals surface area contributed by atoms with E-state index in [1.54, 1.807) is 18.3 Å². The van der Waals surface area contributed by atoms with Crippen LogP contribution < -0.4 is 10.6 Å². The van der Waals surface area contributed by atoms with E-state index >= 15 is 0 Å². The third kappa shape index (κ3) is 5.25. The van der Waals surface area contributed by atoms with Crippen molar-refractivity contribution >= 4 is 11.8 Å². The molecule has 0 fully saturated rings. The zero-order valence-electron chi connectivity index (χ0n) is 16.5. The maximum atomic E-state index is 12.9. The molecule has 7 nitrogen and oxygen atoms in total. The highest BCUT2D eigenvalue weighted by atomic mass is 19.3. The van der Waals surface area contributed by atoms with Gasteiger partial charge in [-0.05, 0) is 38.1 Å². The van der Waals surface area contributed by atoms with Crippen molar-refractivity contribution in [3.63, 3.8) is 0 Å². The van der Waals surface area contributed by atoms with E-state index in [9.17, 15) is 18.4 Å². The predicted molar refractivity (Wildman–Crippen MR) is 107 cm³/mol. The van der Waals surface area contributed by atoms with Crippen LogP contribution in [0.4, 0.5) is 8.78 Å². The van der Waals surface area contributed by atoms with Crippen molar-refractivity contribution in [2.24, 2.45) is 0 Å². The quantitative estimate of drug-likeness (QED) is 0.622. The van der Waals surface area contributed by atoms with Crippen LogP contribution in [-0.4, -0.2) is 32.6 Å². The van der Waals surface area contributed by atoms with Gasteiger partial charge in [0.25, 0.3) is 18.2 Å². The van der Waals surface area contributed by atoms with E-state index in [0.717, 1.165) is 0 Å². The van der Waals surface area contributed by atoms with Crippen LogP contribution in [0.1, 0.15) is 52.4 Å². The van der Waals surface area contributed by atoms with Crippen LogP contribution in [0, 0.1) is 0 Å². The Morgan fingerprint density at radius 3 is 2.47 bits per heavy atom. The molecule has 156 valence electrons. The summed E-state index contributed by atoms with van der Waals surface area (Å²) in [5, 5.41) is 9.59. The van der Waals surface area contributed by atoms with Crippen molar-refractivity contribution in [3.05, 3.63) is 77.4 Å². The molecule has 0 bridgehead atoms. The smallest absolute Gasteiger partial charge is 0.270 e. The lowest BCUT2D eigenvalue weighted by atomic mass is 10.2. The van der Waals surface area contributed by atoms with Gasteiger partial charge in [-0.3, -0.25) is 9.59 Å². The first-order chi connectivity index (χ1) is 14.3. The standard InChI is InChI=1S/C21H21F2N5O2/c1-13(2)26-21(30)18-8-4-7-17(27-18)20(29)24-10-14-11-25-28(12-14)16-6-3-5-15(9-16)19(22)23/h3-9,11-13,19H,10H2,1-2H3,(H,24,29)(H,26,30). The highest BCUT2D eigenvalue weighted by molar-refractivity contribution is 5.96. The SMILES string of the molecule is CC(C)NC(=O)c1cccc(C(=O)NCc2cnn(-c3cccc(C(F)F)c3)c2)n1. The molecule has 30 heavy (non-hydrogen) atoms. The second kappa shape index (κ2) is 9.25. The third-order valence-electron chi connectivity index (χ3n) is 4.11. The fraction of sp³-hybridized carbons (Fsp3) is 0.238. The van der Waals surface area contributed by atoms with Crippen molar-refractivity contribution in [1.82, 2.24) is 25.4 Å². The molecule has 0 aliphatic rings. The van der Waals surface area contributed by atoms with E-state index in [0.29, 0.717) is 11.3 Å². The Morgan fingerprint density at radius 1 is 1.07 bits per heavy atom. The van der Waals surface area contributed by atoms with Gasteiger partial charge < -0.3 is 10.6 Å². The summed E-state index contributed by atoms with van der Waals surface area (Å²) in [7, 11) is 0. The van der Waals surface area contributed by atoms with Crippen molar-refractivity contribution in [2.75, 3.05) is 0 Å². The summed E-state index contributed by atoms with van der Waals surface area (Å²) in [6.07, 6.45) is 0.616. The number of halogens is 2. The van der Waals surface area contributed by atoms with Gasteiger partial charge in [0.1, 0.15) is 11.4 Å². The predicted octanol–water partition coefficient (Wildman–Crippen LogP) is 3.27. The van der Waals surface area contributed by atoms with E-state index in [4.69, 9.17) is 0 Å². The van der Waals surface area contributed by atoms with Gasteiger partial charge in [-0.2, -0.15) is 5.10 Å². The van der Waals surface area contributed by atoms with Gasteiger partial charge >= 0.3 is 0 Å². The average Bonchev–Trinajstić information content (AvgIpc) is 3.21. The number of amides is 2. The molecule has 0 saturated heterocycles. The minimum Gasteiger partial charge on any atom is -0.349 e. The lowest BCUT2D eigenvalue weighted by Gasteiger charge is -2.09. The number of hydrogen-bond acceptors (Lipinski definition) is 4. The van der Waals surface area contributed by atoms with Crippen molar-refractivity contribution in [1.29, 1.82) is 0 Å². The second-order valence-electron chi connectivity index (χ2n) is 6.91. The Bertz CT molecular complexity index is 1050. The number of pyridine rings is 1. The third-order valence-corrected chi connectivity index (χ3v) is 4.11. The lowest BCUT2D eigenvalue weighted by Crippen LogP contribution is -2.31. The highest BCUT2D eigenvalue weighted by Crippen LogP contribution is 2.21. The zero-order valence-corrected chi connectivity index (χ0v) is 16.5. The summed E-state index contributed by atoms with van der Waals surface area (Å²) < 4.78 is 27.2. The van der Waals surface area contributed by atoms with Crippen molar-refractivity contribution < 1.29 is 18.4 Å². The van der Waals surface area contributed by atoms with Gasteiger partial charge in [0.15, 0.2) is 0 Å². The summed E-state index contributed by atoms with van der Waals surface area (Å²) in [5.74, 6) is -0.798. The Hall–Kier alpha value is -3.62. The molecule has 2 heterocycles. The van der Waals surface area contributed by atoms with Gasteiger partial charge in [-0.1, -0.05) is 18.2 Å². The van der Waals surface area contributed by atoms with Crippen LogP contribution in [0.5, 0.6) is 0 Å². The maximum Gasteiger partial charge on any atom is 0.270 e. The molecule has 0 aliphatic heterocycles. The van der Waals surface area contributed by atoms with E-state index < -0.39 is 12.3 Å². The van der Waals surface area contributed by atoms with Crippen LogP contribution in [0.15, 0.2) is 54.9 Å². The molecule has 0 spiro atoms. The molecule has 2 amide bonds. The zero-order chi connectivity index (χ0) is 21.7. The normalized spacial score (nSPS) is 11.0. The summed E-state index contributed by atoms with van der Waals surface area (Å²) in [5.41, 5.74) is 1.35. The molecular weight excluding hydrogens is 392 g/mol. The van der Waals surface area contributed by atoms with Crippen LogP contribution in [0.3, 0.4) is 0 Å². The number of hydrogen-bond donors (Lipinski definition) is 2. The fourth-order valence-corrected chi connectivity index (χ4v) is 2.69. The van der Waals surface area contributed by atoms with Crippen molar-refractivity contribution in [3.8, 4) is 5.69 Å². The minimum absolute atomic E-state index is 0.0466. The first-order valence-corrected chi connectivity index (χ1v) is 9.31. The number of alkyl halides is 2. The first-order valence-electron chi connectivity index (χ1n) is 9.31. The van der Waals surface area contributed by atoms with E-state index in [1.807, 2.05) is 13.8 Å². The average molecular weight is 413 g/mol. The summed E-state index contributed by atoms with van der Waals surface area (Å²) in [4.78, 5) is 28.5. The van der Waals surface area contributed by atoms with E-state index in [1.165, 1.54) is 41.2 Å². The molecule has 9 heteroatoms. The fourth-order valence-electron chi connectivity index (χ4n) is 2.69. The number of carbonyl (C=O) groups excluding carboxylic acids is 2. The Morgan fingerprint density at radius 2 is 1.77 bits per heavy atom. The molecule has 0 radical (unpaired) electrons. The molecule has 3 aromatic rings. The van der Waals surface area contributed by atoms with Gasteiger partial charge in [0.05, 0.1) is 11.9 Å². The molecule has 1 aromatic carbocycles. The van der Waals surface area contributed by atoms with Crippen LogP contribution >= 0.6 is 0 Å². The van der Waals surface area contributed by atoms with Crippen molar-refractivity contribution in [2.45, 2.75) is 32.9 Å².